The Kier molecular flexibility index (Phi) is 2.46. The van der Waals surface area contributed by atoms with E-state index < -0.39 is 12.3 Å². The summed E-state index contributed by atoms with van der Waals surface area (Å²) in [6, 6.07) is 0. The highest BCUT2D eigenvalue weighted by Gasteiger charge is 2.16. The zero-order valence-corrected chi connectivity index (χ0v) is 5.48. The van der Waals surface area contributed by atoms with E-state index in [4.69, 9.17) is 0 Å². The molecule has 0 aromatic heterocycles. The topological polar surface area (TPSA) is 19.9 Å². The Balaban J connectivity index is 2.25. The lowest BCUT2D eigenvalue weighted by molar-refractivity contribution is 0.0740. The van der Waals surface area contributed by atoms with Crippen molar-refractivity contribution in [1.29, 1.82) is 0 Å². The molecule has 0 aromatic carbocycles. The molecule has 0 N–H and O–H groups in total. The van der Waals surface area contributed by atoms with Crippen molar-refractivity contribution in [2.75, 3.05) is 0 Å². The summed E-state index contributed by atoms with van der Waals surface area (Å²) in [7, 11) is 0. The molecule has 0 aliphatic heterocycles. The molecule has 1 radical (unpaired) electrons. The summed E-state index contributed by atoms with van der Waals surface area (Å²) in [4.78, 5) is 0. The summed E-state index contributed by atoms with van der Waals surface area (Å²) in [6.45, 7) is 0. The number of hydrogen-bond acceptors (Lipinski definition) is 0. The molecule has 1 aliphatic rings. The van der Waals surface area contributed by atoms with E-state index in [0.29, 0.717) is 25.7 Å². The fraction of sp³-hybridized carbons (Fsp3) is 1.00. The van der Waals surface area contributed by atoms with Crippen LogP contribution >= 0.6 is 0 Å². The maximum atomic E-state index is 12.5. The standard InChI is InChI=1S/C7H12FO/c8-6-2-1-3-7(9)5-4-6/h6-7H,1-5H2. The lowest BCUT2D eigenvalue weighted by Crippen LogP contribution is -2.01. The van der Waals surface area contributed by atoms with E-state index in [-0.39, 0.29) is 0 Å². The van der Waals surface area contributed by atoms with Gasteiger partial charge in [-0.15, -0.1) is 0 Å². The molecule has 1 rings (SSSR count). The molecule has 1 nitrogen and oxygen atoms in total. The zero-order chi connectivity index (χ0) is 6.69. The van der Waals surface area contributed by atoms with Gasteiger partial charge in [0, 0.05) is 0 Å². The Morgan fingerprint density at radius 2 is 1.89 bits per heavy atom. The molecule has 1 fully saturated rings. The van der Waals surface area contributed by atoms with Crippen LogP contribution in [0.2, 0.25) is 0 Å². The summed E-state index contributed by atoms with van der Waals surface area (Å²) >= 11 is 0. The van der Waals surface area contributed by atoms with Crippen LogP contribution in [0.4, 0.5) is 4.39 Å². The number of hydrogen-bond donors (Lipinski definition) is 0. The molecular weight excluding hydrogens is 119 g/mol. The van der Waals surface area contributed by atoms with Gasteiger partial charge in [0.15, 0.2) is 0 Å². The summed E-state index contributed by atoms with van der Waals surface area (Å²) in [5.41, 5.74) is 0. The molecular formula is C7H12FO. The third kappa shape index (κ3) is 2.31. The van der Waals surface area contributed by atoms with E-state index in [1.807, 2.05) is 0 Å². The van der Waals surface area contributed by atoms with Crippen molar-refractivity contribution in [3.63, 3.8) is 0 Å². The molecule has 0 heterocycles. The summed E-state index contributed by atoms with van der Waals surface area (Å²) < 4.78 is 12.5. The molecule has 2 atom stereocenters. The summed E-state index contributed by atoms with van der Waals surface area (Å²) in [5.74, 6) is 0. The molecule has 0 amide bonds. The van der Waals surface area contributed by atoms with Crippen molar-refractivity contribution in [2.24, 2.45) is 0 Å². The van der Waals surface area contributed by atoms with E-state index >= 15 is 0 Å². The normalized spacial score (nSPS) is 38.0. The highest BCUT2D eigenvalue weighted by atomic mass is 19.1. The highest BCUT2D eigenvalue weighted by molar-refractivity contribution is 4.67. The number of rotatable bonds is 0. The van der Waals surface area contributed by atoms with Gasteiger partial charge >= 0.3 is 0 Å². The highest BCUT2D eigenvalue weighted by Crippen LogP contribution is 2.20. The van der Waals surface area contributed by atoms with Gasteiger partial charge in [-0.25, -0.2) is 9.50 Å². The molecule has 1 saturated carbocycles. The smallest absolute Gasteiger partial charge is 0.100 e. The second-order valence-corrected chi connectivity index (χ2v) is 2.73. The Morgan fingerprint density at radius 3 is 2.67 bits per heavy atom. The minimum atomic E-state index is -0.691. The molecule has 9 heavy (non-hydrogen) atoms. The maximum Gasteiger partial charge on any atom is 0.100 e. The average Bonchev–Trinajstić information content (AvgIpc) is 1.97. The third-order valence-corrected chi connectivity index (χ3v) is 1.85. The second kappa shape index (κ2) is 3.16. The van der Waals surface area contributed by atoms with Crippen molar-refractivity contribution in [2.45, 2.75) is 44.4 Å². The van der Waals surface area contributed by atoms with Crippen LogP contribution in [-0.2, 0) is 5.11 Å². The van der Waals surface area contributed by atoms with E-state index in [1.54, 1.807) is 0 Å². The predicted molar refractivity (Wildman–Crippen MR) is 32.5 cm³/mol. The largest absolute Gasteiger partial charge is 0.247 e. The first-order chi connectivity index (χ1) is 4.29. The molecule has 0 bridgehead atoms. The van der Waals surface area contributed by atoms with Crippen molar-refractivity contribution >= 4 is 0 Å². The summed E-state index contributed by atoms with van der Waals surface area (Å²) in [5, 5.41) is 10.7. The van der Waals surface area contributed by atoms with Crippen LogP contribution in [0.5, 0.6) is 0 Å². The first-order valence-corrected chi connectivity index (χ1v) is 3.59. The van der Waals surface area contributed by atoms with E-state index in [2.05, 4.69) is 0 Å². The zero-order valence-electron chi connectivity index (χ0n) is 5.48. The Bertz CT molecular complexity index is 75.0. The van der Waals surface area contributed by atoms with Gasteiger partial charge in [-0.1, -0.05) is 0 Å². The van der Waals surface area contributed by atoms with Crippen molar-refractivity contribution < 1.29 is 9.50 Å². The van der Waals surface area contributed by atoms with E-state index in [9.17, 15) is 9.50 Å². The fourth-order valence-corrected chi connectivity index (χ4v) is 1.22. The van der Waals surface area contributed by atoms with Crippen LogP contribution in [0.1, 0.15) is 32.1 Å². The third-order valence-electron chi connectivity index (χ3n) is 1.85. The van der Waals surface area contributed by atoms with Gasteiger partial charge in [-0.2, -0.15) is 0 Å². The van der Waals surface area contributed by atoms with Gasteiger partial charge < -0.3 is 0 Å². The minimum absolute atomic E-state index is 0.481. The maximum absolute atomic E-state index is 12.5. The fourth-order valence-electron chi connectivity index (χ4n) is 1.22. The summed E-state index contributed by atoms with van der Waals surface area (Å²) in [6.07, 6.45) is 1.94. The molecule has 2 heteroatoms. The monoisotopic (exact) mass is 131 g/mol. The Labute approximate surface area is 54.9 Å². The van der Waals surface area contributed by atoms with Gasteiger partial charge in [0.05, 0.1) is 6.10 Å². The number of alkyl halides is 1. The molecule has 53 valence electrons. The minimum Gasteiger partial charge on any atom is -0.247 e. The average molecular weight is 131 g/mol. The van der Waals surface area contributed by atoms with Crippen LogP contribution in [0, 0.1) is 0 Å². The van der Waals surface area contributed by atoms with Gasteiger partial charge in [-0.3, -0.25) is 0 Å². The van der Waals surface area contributed by atoms with Crippen LogP contribution in [0.15, 0.2) is 0 Å². The number of halogens is 1. The Hall–Kier alpha value is -0.110. The molecule has 1 aliphatic carbocycles. The van der Waals surface area contributed by atoms with Gasteiger partial charge in [0.25, 0.3) is 0 Å². The lowest BCUT2D eigenvalue weighted by atomic mass is 10.2. The van der Waals surface area contributed by atoms with Crippen molar-refractivity contribution in [3.8, 4) is 0 Å². The molecule has 0 saturated heterocycles. The van der Waals surface area contributed by atoms with Crippen LogP contribution in [-0.4, -0.2) is 12.3 Å². The van der Waals surface area contributed by atoms with Gasteiger partial charge in [-0.05, 0) is 32.1 Å². The Morgan fingerprint density at radius 1 is 1.11 bits per heavy atom. The molecule has 0 spiro atoms. The van der Waals surface area contributed by atoms with Crippen molar-refractivity contribution in [1.82, 2.24) is 0 Å². The lowest BCUT2D eigenvalue weighted by Gasteiger charge is -2.00. The quantitative estimate of drug-likeness (QED) is 0.448. The van der Waals surface area contributed by atoms with Crippen molar-refractivity contribution in [3.05, 3.63) is 0 Å². The second-order valence-electron chi connectivity index (χ2n) is 2.73. The van der Waals surface area contributed by atoms with Crippen LogP contribution in [0.25, 0.3) is 0 Å². The van der Waals surface area contributed by atoms with Gasteiger partial charge in [0.1, 0.15) is 6.17 Å². The predicted octanol–water partition coefficient (Wildman–Crippen LogP) is 2.09. The van der Waals surface area contributed by atoms with E-state index in [1.165, 1.54) is 0 Å². The van der Waals surface area contributed by atoms with Gasteiger partial charge in [0.2, 0.25) is 0 Å². The van der Waals surface area contributed by atoms with E-state index in [0.717, 1.165) is 6.42 Å². The van der Waals surface area contributed by atoms with Crippen LogP contribution in [0.3, 0.4) is 0 Å². The SMILES string of the molecule is [O]C1CCCC(F)CC1. The molecule has 0 aromatic rings. The van der Waals surface area contributed by atoms with Crippen LogP contribution < -0.4 is 0 Å². The first-order valence-electron chi connectivity index (χ1n) is 3.59. The first kappa shape index (κ1) is 7.00. The molecule has 2 unspecified atom stereocenters.